The first kappa shape index (κ1) is 16.9. The molecule has 0 bridgehead atoms. The van der Waals surface area contributed by atoms with E-state index >= 15 is 0 Å². The molecule has 3 heteroatoms. The molecule has 0 fully saturated rings. The van der Waals surface area contributed by atoms with Crippen LogP contribution in [-0.4, -0.2) is 23.5 Å². The first-order chi connectivity index (χ1) is 8.74. The second-order valence-electron chi connectivity index (χ2n) is 4.81. The van der Waals surface area contributed by atoms with Gasteiger partial charge in [-0.25, -0.2) is 0 Å². The Hall–Kier alpha value is -1.06. The summed E-state index contributed by atoms with van der Waals surface area (Å²) >= 11 is 0. The summed E-state index contributed by atoms with van der Waals surface area (Å²) in [5.41, 5.74) is 0. The molecule has 0 amide bonds. The minimum absolute atomic E-state index is 0.0913. The highest BCUT2D eigenvalue weighted by Crippen LogP contribution is 2.16. The zero-order chi connectivity index (χ0) is 13.8. The average molecular weight is 249 g/mol. The van der Waals surface area contributed by atoms with Gasteiger partial charge >= 0.3 is 0 Å². The topological polar surface area (TPSA) is 50.8 Å². The van der Waals surface area contributed by atoms with Crippen molar-refractivity contribution in [1.29, 1.82) is 10.5 Å². The molecule has 0 aliphatic carbocycles. The molecule has 0 rings (SSSR count). The Labute approximate surface area is 112 Å². The summed E-state index contributed by atoms with van der Waals surface area (Å²) in [6.07, 6.45) is 7.09. The van der Waals surface area contributed by atoms with Crippen LogP contribution in [0.4, 0.5) is 0 Å². The summed E-state index contributed by atoms with van der Waals surface area (Å²) < 4.78 is 0. The van der Waals surface area contributed by atoms with Crippen LogP contribution in [-0.2, 0) is 0 Å². The number of rotatable bonds is 10. The molecule has 0 aliphatic heterocycles. The van der Waals surface area contributed by atoms with Crippen LogP contribution in [0.15, 0.2) is 0 Å². The van der Waals surface area contributed by atoms with E-state index in [1.807, 2.05) is 0 Å². The SMILES string of the molecule is CCCCC(C#N)N(CCC)C(C#N)CCCC. The van der Waals surface area contributed by atoms with Gasteiger partial charge in [0.25, 0.3) is 0 Å². The summed E-state index contributed by atoms with van der Waals surface area (Å²) in [4.78, 5) is 2.12. The number of hydrogen-bond donors (Lipinski definition) is 0. The van der Waals surface area contributed by atoms with Gasteiger partial charge in [-0.2, -0.15) is 10.5 Å². The van der Waals surface area contributed by atoms with E-state index in [-0.39, 0.29) is 12.1 Å². The number of nitriles is 2. The molecular weight excluding hydrogens is 222 g/mol. The molecule has 0 saturated heterocycles. The second-order valence-corrected chi connectivity index (χ2v) is 4.81. The molecule has 0 saturated carbocycles. The van der Waals surface area contributed by atoms with Crippen LogP contribution in [0.5, 0.6) is 0 Å². The Balaban J connectivity index is 4.66. The summed E-state index contributed by atoms with van der Waals surface area (Å²) in [5.74, 6) is 0. The van der Waals surface area contributed by atoms with Crippen LogP contribution in [0.25, 0.3) is 0 Å². The predicted octanol–water partition coefficient (Wildman–Crippen LogP) is 3.86. The molecule has 3 nitrogen and oxygen atoms in total. The van der Waals surface area contributed by atoms with Gasteiger partial charge < -0.3 is 0 Å². The van der Waals surface area contributed by atoms with Crippen molar-refractivity contribution >= 4 is 0 Å². The lowest BCUT2D eigenvalue weighted by atomic mass is 10.0. The normalized spacial score (nSPS) is 13.9. The maximum atomic E-state index is 9.32. The van der Waals surface area contributed by atoms with Gasteiger partial charge in [0.05, 0.1) is 24.2 Å². The second kappa shape index (κ2) is 11.1. The molecule has 2 unspecified atom stereocenters. The standard InChI is InChI=1S/C15H27N3/c1-4-7-9-14(12-16)18(11-6-3)15(13-17)10-8-5-2/h14-15H,4-11H2,1-3H3. The van der Waals surface area contributed by atoms with Crippen molar-refractivity contribution in [2.24, 2.45) is 0 Å². The quantitative estimate of drug-likeness (QED) is 0.590. The van der Waals surface area contributed by atoms with E-state index in [9.17, 15) is 10.5 Å². The van der Waals surface area contributed by atoms with Crippen molar-refractivity contribution in [2.75, 3.05) is 6.54 Å². The Morgan fingerprint density at radius 1 is 0.833 bits per heavy atom. The van der Waals surface area contributed by atoms with Crippen molar-refractivity contribution in [2.45, 2.75) is 77.8 Å². The van der Waals surface area contributed by atoms with Crippen LogP contribution in [0.3, 0.4) is 0 Å². The first-order valence-corrected chi connectivity index (χ1v) is 7.30. The number of unbranched alkanes of at least 4 members (excludes halogenated alkanes) is 2. The van der Waals surface area contributed by atoms with Gasteiger partial charge in [-0.1, -0.05) is 46.5 Å². The fourth-order valence-corrected chi connectivity index (χ4v) is 2.19. The highest BCUT2D eigenvalue weighted by Gasteiger charge is 2.24. The van der Waals surface area contributed by atoms with E-state index in [4.69, 9.17) is 0 Å². The van der Waals surface area contributed by atoms with Gasteiger partial charge in [0.2, 0.25) is 0 Å². The van der Waals surface area contributed by atoms with E-state index in [2.05, 4.69) is 37.8 Å². The zero-order valence-electron chi connectivity index (χ0n) is 12.2. The predicted molar refractivity (Wildman–Crippen MR) is 74.8 cm³/mol. The van der Waals surface area contributed by atoms with E-state index in [1.54, 1.807) is 0 Å². The van der Waals surface area contributed by atoms with Crippen LogP contribution >= 0.6 is 0 Å². The smallest absolute Gasteiger partial charge is 0.0988 e. The van der Waals surface area contributed by atoms with E-state index in [0.717, 1.165) is 51.5 Å². The Kier molecular flexibility index (Phi) is 10.4. The Bertz CT molecular complexity index is 248. The van der Waals surface area contributed by atoms with Crippen molar-refractivity contribution in [3.63, 3.8) is 0 Å². The molecular formula is C15H27N3. The van der Waals surface area contributed by atoms with Gasteiger partial charge in [0.15, 0.2) is 0 Å². The minimum atomic E-state index is -0.0913. The highest BCUT2D eigenvalue weighted by molar-refractivity contribution is 5.00. The summed E-state index contributed by atoms with van der Waals surface area (Å²) in [6.45, 7) is 7.23. The van der Waals surface area contributed by atoms with E-state index in [0.29, 0.717) is 0 Å². The zero-order valence-corrected chi connectivity index (χ0v) is 12.2. The molecule has 0 radical (unpaired) electrons. The lowest BCUT2D eigenvalue weighted by molar-refractivity contribution is 0.178. The van der Waals surface area contributed by atoms with Gasteiger partial charge in [-0.15, -0.1) is 0 Å². The van der Waals surface area contributed by atoms with Crippen LogP contribution in [0, 0.1) is 22.7 Å². The molecule has 0 aromatic carbocycles. The Morgan fingerprint density at radius 2 is 1.28 bits per heavy atom. The van der Waals surface area contributed by atoms with E-state index in [1.165, 1.54) is 0 Å². The molecule has 0 N–H and O–H groups in total. The van der Waals surface area contributed by atoms with Crippen molar-refractivity contribution in [3.8, 4) is 12.1 Å². The van der Waals surface area contributed by atoms with Gasteiger partial charge in [-0.05, 0) is 19.3 Å². The molecule has 0 heterocycles. The largest absolute Gasteiger partial charge is 0.272 e. The highest BCUT2D eigenvalue weighted by atomic mass is 15.2. The van der Waals surface area contributed by atoms with Gasteiger partial charge in [-0.3, -0.25) is 4.90 Å². The van der Waals surface area contributed by atoms with Crippen molar-refractivity contribution in [3.05, 3.63) is 0 Å². The Morgan fingerprint density at radius 3 is 1.56 bits per heavy atom. The van der Waals surface area contributed by atoms with E-state index < -0.39 is 0 Å². The lowest BCUT2D eigenvalue weighted by Crippen LogP contribution is -2.42. The summed E-state index contributed by atoms with van der Waals surface area (Å²) in [7, 11) is 0. The monoisotopic (exact) mass is 249 g/mol. The third kappa shape index (κ3) is 6.03. The summed E-state index contributed by atoms with van der Waals surface area (Å²) in [6, 6.07) is 4.59. The number of nitrogens with zero attached hydrogens (tertiary/aromatic N) is 3. The van der Waals surface area contributed by atoms with Crippen LogP contribution < -0.4 is 0 Å². The molecule has 102 valence electrons. The molecule has 0 spiro atoms. The molecule has 0 aromatic heterocycles. The molecule has 2 atom stereocenters. The first-order valence-electron chi connectivity index (χ1n) is 7.30. The third-order valence-electron chi connectivity index (χ3n) is 3.24. The van der Waals surface area contributed by atoms with Crippen LogP contribution in [0.1, 0.15) is 65.7 Å². The maximum absolute atomic E-state index is 9.32. The maximum Gasteiger partial charge on any atom is 0.0988 e. The number of hydrogen-bond acceptors (Lipinski definition) is 3. The van der Waals surface area contributed by atoms with Gasteiger partial charge in [0.1, 0.15) is 0 Å². The fraction of sp³-hybridized carbons (Fsp3) is 0.867. The third-order valence-corrected chi connectivity index (χ3v) is 3.24. The van der Waals surface area contributed by atoms with Gasteiger partial charge in [0, 0.05) is 6.54 Å². The molecule has 0 aromatic rings. The molecule has 0 aliphatic rings. The average Bonchev–Trinajstić information content (AvgIpc) is 2.40. The lowest BCUT2D eigenvalue weighted by Gasteiger charge is -2.30. The summed E-state index contributed by atoms with van der Waals surface area (Å²) in [5, 5.41) is 18.6. The van der Waals surface area contributed by atoms with Crippen molar-refractivity contribution in [1.82, 2.24) is 4.90 Å². The van der Waals surface area contributed by atoms with Crippen molar-refractivity contribution < 1.29 is 0 Å². The molecule has 18 heavy (non-hydrogen) atoms. The fourth-order valence-electron chi connectivity index (χ4n) is 2.19. The van der Waals surface area contributed by atoms with Crippen LogP contribution in [0.2, 0.25) is 0 Å². The minimum Gasteiger partial charge on any atom is -0.272 e.